The third-order valence-electron chi connectivity index (χ3n) is 5.75. The molecule has 0 saturated carbocycles. The molecule has 1 fully saturated rings. The van der Waals surface area contributed by atoms with Crippen molar-refractivity contribution >= 4 is 23.0 Å². The van der Waals surface area contributed by atoms with E-state index in [2.05, 4.69) is 14.7 Å². The molecule has 0 spiro atoms. The van der Waals surface area contributed by atoms with E-state index in [4.69, 9.17) is 4.74 Å². The molecule has 0 bridgehead atoms. The molecule has 1 aromatic heterocycles. The fourth-order valence-corrected chi connectivity index (χ4v) is 4.65. The molecule has 2 amide bonds. The first kappa shape index (κ1) is 25.0. The highest BCUT2D eigenvalue weighted by Gasteiger charge is 2.52. The van der Waals surface area contributed by atoms with Gasteiger partial charge in [-0.15, -0.1) is 0 Å². The van der Waals surface area contributed by atoms with Crippen molar-refractivity contribution < 1.29 is 18.5 Å². The van der Waals surface area contributed by atoms with Crippen molar-refractivity contribution in [2.45, 2.75) is 70.4 Å². The molecule has 178 valence electrons. The van der Waals surface area contributed by atoms with Crippen molar-refractivity contribution in [1.82, 2.24) is 19.6 Å². The SMILES string of the molecule is C[C@@H](C(=O)N1C(=O)OC(C)(C)[C@@H]1Cc1ccccc1)[C@@H](N[S@](=O)C(C)(C)C)c1cnccn1. The van der Waals surface area contributed by atoms with Crippen molar-refractivity contribution in [2.24, 2.45) is 5.92 Å². The van der Waals surface area contributed by atoms with E-state index in [9.17, 15) is 13.8 Å². The average molecular weight is 473 g/mol. The third-order valence-corrected chi connectivity index (χ3v) is 7.33. The van der Waals surface area contributed by atoms with Crippen LogP contribution in [-0.2, 0) is 26.9 Å². The number of hydrogen-bond acceptors (Lipinski definition) is 6. The highest BCUT2D eigenvalue weighted by Crippen LogP contribution is 2.35. The normalized spacial score (nSPS) is 20.7. The summed E-state index contributed by atoms with van der Waals surface area (Å²) in [6, 6.07) is 8.48. The lowest BCUT2D eigenvalue weighted by molar-refractivity contribution is -0.134. The number of nitrogens with one attached hydrogen (secondary N) is 1. The van der Waals surface area contributed by atoms with Crippen LogP contribution in [0.5, 0.6) is 0 Å². The monoisotopic (exact) mass is 472 g/mol. The van der Waals surface area contributed by atoms with Crippen LogP contribution in [0.25, 0.3) is 0 Å². The average Bonchev–Trinajstić information content (AvgIpc) is 2.99. The molecule has 2 aromatic rings. The molecule has 9 heteroatoms. The van der Waals surface area contributed by atoms with Gasteiger partial charge in [0, 0.05) is 12.4 Å². The molecule has 8 nitrogen and oxygen atoms in total. The second kappa shape index (κ2) is 9.69. The van der Waals surface area contributed by atoms with Crippen LogP contribution < -0.4 is 4.72 Å². The molecule has 0 radical (unpaired) electrons. The zero-order valence-electron chi connectivity index (χ0n) is 19.9. The number of imide groups is 1. The Morgan fingerprint density at radius 1 is 1.24 bits per heavy atom. The maximum atomic E-state index is 13.7. The largest absolute Gasteiger partial charge is 0.441 e. The Morgan fingerprint density at radius 3 is 2.48 bits per heavy atom. The van der Waals surface area contributed by atoms with Crippen LogP contribution in [0.2, 0.25) is 0 Å². The first-order valence-electron chi connectivity index (χ1n) is 11.0. The van der Waals surface area contributed by atoms with Gasteiger partial charge >= 0.3 is 6.09 Å². The predicted octanol–water partition coefficient (Wildman–Crippen LogP) is 3.57. The van der Waals surface area contributed by atoms with Gasteiger partial charge in [0.05, 0.1) is 45.6 Å². The van der Waals surface area contributed by atoms with Crippen LogP contribution >= 0.6 is 0 Å². The van der Waals surface area contributed by atoms with E-state index in [1.807, 2.05) is 65.0 Å². The lowest BCUT2D eigenvalue weighted by Gasteiger charge is -2.32. The number of carbonyl (C=O) groups excluding carboxylic acids is 2. The summed E-state index contributed by atoms with van der Waals surface area (Å²) < 4.78 is 21.0. The minimum atomic E-state index is -1.48. The van der Waals surface area contributed by atoms with Crippen LogP contribution in [0.15, 0.2) is 48.9 Å². The Morgan fingerprint density at radius 2 is 1.91 bits per heavy atom. The number of aromatic nitrogens is 2. The van der Waals surface area contributed by atoms with Crippen molar-refractivity contribution in [2.75, 3.05) is 0 Å². The molecule has 1 aliphatic rings. The summed E-state index contributed by atoms with van der Waals surface area (Å²) in [4.78, 5) is 36.2. The highest BCUT2D eigenvalue weighted by molar-refractivity contribution is 7.84. The lowest BCUT2D eigenvalue weighted by Crippen LogP contribution is -2.50. The summed E-state index contributed by atoms with van der Waals surface area (Å²) in [5.74, 6) is -1.17. The summed E-state index contributed by atoms with van der Waals surface area (Å²) >= 11 is 0. The maximum Gasteiger partial charge on any atom is 0.417 e. The number of ether oxygens (including phenoxy) is 1. The van der Waals surface area contributed by atoms with E-state index >= 15 is 0 Å². The Kier molecular flexibility index (Phi) is 7.33. The van der Waals surface area contributed by atoms with Gasteiger partial charge in [0.15, 0.2) is 0 Å². The smallest absolute Gasteiger partial charge is 0.417 e. The number of nitrogens with zero attached hydrogens (tertiary/aromatic N) is 3. The number of benzene rings is 1. The number of carbonyl (C=O) groups is 2. The van der Waals surface area contributed by atoms with Gasteiger partial charge in [-0.2, -0.15) is 0 Å². The van der Waals surface area contributed by atoms with Crippen molar-refractivity contribution in [1.29, 1.82) is 0 Å². The van der Waals surface area contributed by atoms with E-state index in [1.54, 1.807) is 6.92 Å². The molecule has 0 aliphatic carbocycles. The van der Waals surface area contributed by atoms with Gasteiger partial charge in [-0.3, -0.25) is 14.8 Å². The fourth-order valence-electron chi connectivity index (χ4n) is 3.74. The van der Waals surface area contributed by atoms with Crippen LogP contribution in [-0.4, -0.2) is 47.5 Å². The number of hydrogen-bond donors (Lipinski definition) is 1. The second-order valence-corrected chi connectivity index (χ2v) is 11.8. The predicted molar refractivity (Wildman–Crippen MR) is 126 cm³/mol. The van der Waals surface area contributed by atoms with Gasteiger partial charge < -0.3 is 4.74 Å². The van der Waals surface area contributed by atoms with E-state index < -0.39 is 51.3 Å². The van der Waals surface area contributed by atoms with Gasteiger partial charge in [-0.25, -0.2) is 18.6 Å². The minimum absolute atomic E-state index is 0.416. The Labute approximate surface area is 197 Å². The molecule has 1 aliphatic heterocycles. The van der Waals surface area contributed by atoms with Gasteiger partial charge in [0.25, 0.3) is 0 Å². The molecular weight excluding hydrogens is 440 g/mol. The highest BCUT2D eigenvalue weighted by atomic mass is 32.2. The number of amides is 2. The third kappa shape index (κ3) is 5.65. The Hall–Kier alpha value is -2.65. The Balaban J connectivity index is 1.93. The van der Waals surface area contributed by atoms with Crippen LogP contribution in [0, 0.1) is 5.92 Å². The zero-order chi connectivity index (χ0) is 24.4. The van der Waals surface area contributed by atoms with Crippen molar-refractivity contribution in [3.63, 3.8) is 0 Å². The molecule has 2 heterocycles. The second-order valence-electron chi connectivity index (χ2n) is 9.78. The van der Waals surface area contributed by atoms with Gasteiger partial charge in [-0.05, 0) is 46.6 Å². The van der Waals surface area contributed by atoms with E-state index in [0.717, 1.165) is 5.56 Å². The topological polar surface area (TPSA) is 101 Å². The van der Waals surface area contributed by atoms with Crippen LogP contribution in [0.4, 0.5) is 4.79 Å². The summed E-state index contributed by atoms with van der Waals surface area (Å²) in [7, 11) is -1.48. The van der Waals surface area contributed by atoms with Crippen LogP contribution in [0.1, 0.15) is 58.8 Å². The quantitative estimate of drug-likeness (QED) is 0.661. The molecule has 33 heavy (non-hydrogen) atoms. The van der Waals surface area contributed by atoms with Crippen molar-refractivity contribution in [3.8, 4) is 0 Å². The van der Waals surface area contributed by atoms with Gasteiger partial charge in [0.2, 0.25) is 5.91 Å². The van der Waals surface area contributed by atoms with E-state index in [1.165, 1.54) is 23.5 Å². The standard InChI is InChI=1S/C24H32N4O4S/c1-16(20(18-15-25-12-13-26-18)27-33(31)23(2,3)4)21(29)28-19(24(5,6)32-22(28)30)14-17-10-8-7-9-11-17/h7-13,15-16,19-20,27H,14H2,1-6H3/t16-,19+,20-,33-/m1/s1. The number of cyclic esters (lactones) is 1. The van der Waals surface area contributed by atoms with Crippen LogP contribution in [0.3, 0.4) is 0 Å². The molecule has 1 N–H and O–H groups in total. The van der Waals surface area contributed by atoms with Gasteiger partial charge in [-0.1, -0.05) is 37.3 Å². The zero-order valence-corrected chi connectivity index (χ0v) is 20.8. The minimum Gasteiger partial charge on any atom is -0.441 e. The Bertz CT molecular complexity index is 1010. The fraction of sp³-hybridized carbons (Fsp3) is 0.500. The lowest BCUT2D eigenvalue weighted by atomic mass is 9.90. The molecular formula is C24H32N4O4S. The van der Waals surface area contributed by atoms with Gasteiger partial charge in [0.1, 0.15) is 5.60 Å². The first-order valence-corrected chi connectivity index (χ1v) is 12.1. The molecule has 0 unspecified atom stereocenters. The summed E-state index contributed by atoms with van der Waals surface area (Å²) in [5, 5.41) is 0. The molecule has 1 aromatic carbocycles. The molecule has 3 rings (SSSR count). The first-order chi connectivity index (χ1) is 15.4. The summed E-state index contributed by atoms with van der Waals surface area (Å²) in [5.41, 5.74) is 0.616. The van der Waals surface area contributed by atoms with Crippen molar-refractivity contribution in [3.05, 3.63) is 60.2 Å². The molecule has 4 atom stereocenters. The number of rotatable bonds is 7. The summed E-state index contributed by atoms with van der Waals surface area (Å²) in [6.07, 6.45) is 4.38. The maximum absolute atomic E-state index is 13.7. The van der Waals surface area contributed by atoms with E-state index in [-0.39, 0.29) is 0 Å². The summed E-state index contributed by atoms with van der Waals surface area (Å²) in [6.45, 7) is 10.8. The van der Waals surface area contributed by atoms with E-state index in [0.29, 0.717) is 12.1 Å². The molecule has 1 saturated heterocycles.